The molecule has 0 aliphatic carbocycles. The summed E-state index contributed by atoms with van der Waals surface area (Å²) in [5.74, 6) is 0.964. The molecule has 3 heterocycles. The Kier molecular flexibility index (Phi) is 3.60. The maximum atomic E-state index is 12.4. The standard InChI is InChI=1S/C12H19N3O3S2/c1-3-18-10-4-12(19-6-10)7-15(8-12)20(16,17)11-5-14(2)9-13-11/h5,9-10H,3-4,6-8H2,1-2H3. The topological polar surface area (TPSA) is 64.4 Å². The zero-order valence-corrected chi connectivity index (χ0v) is 13.3. The lowest BCUT2D eigenvalue weighted by molar-refractivity contribution is 0.0598. The Balaban J connectivity index is 1.66. The van der Waals surface area contributed by atoms with Gasteiger partial charge in [-0.1, -0.05) is 0 Å². The molecule has 0 amide bonds. The smallest absolute Gasteiger partial charge is 0.262 e. The van der Waals surface area contributed by atoms with Crippen molar-refractivity contribution in [3.63, 3.8) is 0 Å². The lowest BCUT2D eigenvalue weighted by atomic mass is 9.95. The summed E-state index contributed by atoms with van der Waals surface area (Å²) in [6.45, 7) is 3.85. The van der Waals surface area contributed by atoms with Gasteiger partial charge in [0.2, 0.25) is 0 Å². The minimum Gasteiger partial charge on any atom is -0.378 e. The summed E-state index contributed by atoms with van der Waals surface area (Å²) in [7, 11) is -1.66. The van der Waals surface area contributed by atoms with Crippen LogP contribution in [0.25, 0.3) is 0 Å². The normalized spacial score (nSPS) is 26.0. The number of aromatic nitrogens is 2. The molecule has 0 radical (unpaired) electrons. The minimum absolute atomic E-state index is 0.0572. The Morgan fingerprint density at radius 1 is 1.55 bits per heavy atom. The molecule has 2 aliphatic heterocycles. The molecule has 1 unspecified atom stereocenters. The number of hydrogen-bond donors (Lipinski definition) is 0. The summed E-state index contributed by atoms with van der Waals surface area (Å²) in [5, 5.41) is 0.138. The van der Waals surface area contributed by atoms with E-state index in [0.717, 1.165) is 18.8 Å². The van der Waals surface area contributed by atoms with E-state index in [-0.39, 0.29) is 15.9 Å². The van der Waals surface area contributed by atoms with Crippen molar-refractivity contribution in [1.82, 2.24) is 13.9 Å². The van der Waals surface area contributed by atoms with Gasteiger partial charge < -0.3 is 9.30 Å². The fourth-order valence-electron chi connectivity index (χ4n) is 2.79. The zero-order chi connectivity index (χ0) is 14.4. The van der Waals surface area contributed by atoms with E-state index in [4.69, 9.17) is 4.74 Å². The maximum Gasteiger partial charge on any atom is 0.262 e. The molecule has 20 heavy (non-hydrogen) atoms. The molecule has 2 aliphatic rings. The molecule has 1 aromatic rings. The van der Waals surface area contributed by atoms with Crippen LogP contribution >= 0.6 is 11.8 Å². The molecule has 112 valence electrons. The lowest BCUT2D eigenvalue weighted by Gasteiger charge is -2.45. The molecule has 1 atom stereocenters. The van der Waals surface area contributed by atoms with Gasteiger partial charge in [-0.15, -0.1) is 11.8 Å². The first kappa shape index (κ1) is 14.4. The number of hydrogen-bond acceptors (Lipinski definition) is 5. The Bertz CT molecular complexity index is 593. The van der Waals surface area contributed by atoms with Crippen LogP contribution in [0.1, 0.15) is 13.3 Å². The molecule has 0 N–H and O–H groups in total. The van der Waals surface area contributed by atoms with Crippen molar-refractivity contribution in [2.24, 2.45) is 7.05 Å². The van der Waals surface area contributed by atoms with Crippen LogP contribution in [0.3, 0.4) is 0 Å². The van der Waals surface area contributed by atoms with Crippen LogP contribution < -0.4 is 0 Å². The van der Waals surface area contributed by atoms with Crippen LogP contribution in [0.15, 0.2) is 17.6 Å². The van der Waals surface area contributed by atoms with E-state index in [1.54, 1.807) is 17.8 Å². The van der Waals surface area contributed by atoms with Gasteiger partial charge in [0.1, 0.15) is 0 Å². The van der Waals surface area contributed by atoms with E-state index in [1.807, 2.05) is 18.7 Å². The fourth-order valence-corrected chi connectivity index (χ4v) is 6.08. The Morgan fingerprint density at radius 2 is 2.30 bits per heavy atom. The Hall–Kier alpha value is -0.570. The predicted molar refractivity (Wildman–Crippen MR) is 77.2 cm³/mol. The van der Waals surface area contributed by atoms with Crippen LogP contribution in [0.5, 0.6) is 0 Å². The molecular formula is C12H19N3O3S2. The highest BCUT2D eigenvalue weighted by Gasteiger charge is 2.53. The van der Waals surface area contributed by atoms with Gasteiger partial charge in [-0.05, 0) is 13.3 Å². The van der Waals surface area contributed by atoms with E-state index in [0.29, 0.717) is 13.1 Å². The fraction of sp³-hybridized carbons (Fsp3) is 0.750. The highest BCUT2D eigenvalue weighted by atomic mass is 32.2. The quantitative estimate of drug-likeness (QED) is 0.818. The summed E-state index contributed by atoms with van der Waals surface area (Å²) in [4.78, 5) is 3.95. The summed E-state index contributed by atoms with van der Waals surface area (Å²) >= 11 is 1.84. The van der Waals surface area contributed by atoms with E-state index in [2.05, 4.69) is 4.98 Å². The van der Waals surface area contributed by atoms with Gasteiger partial charge in [0.15, 0.2) is 5.03 Å². The van der Waals surface area contributed by atoms with Gasteiger partial charge in [-0.3, -0.25) is 0 Å². The molecule has 3 rings (SSSR count). The van der Waals surface area contributed by atoms with E-state index in [9.17, 15) is 8.42 Å². The van der Waals surface area contributed by atoms with Gasteiger partial charge in [0.25, 0.3) is 10.0 Å². The van der Waals surface area contributed by atoms with E-state index < -0.39 is 10.0 Å². The molecular weight excluding hydrogens is 298 g/mol. The summed E-state index contributed by atoms with van der Waals surface area (Å²) in [5.41, 5.74) is 0. The van der Waals surface area contributed by atoms with Crippen LogP contribution in [0.2, 0.25) is 0 Å². The van der Waals surface area contributed by atoms with Crippen LogP contribution in [0, 0.1) is 0 Å². The average molecular weight is 317 g/mol. The first-order valence-electron chi connectivity index (χ1n) is 6.69. The SMILES string of the molecule is CCOC1CSC2(C1)CN(S(=O)(=O)c1cn(C)cn1)C2. The van der Waals surface area contributed by atoms with E-state index >= 15 is 0 Å². The molecule has 0 bridgehead atoms. The minimum atomic E-state index is -3.43. The van der Waals surface area contributed by atoms with Crippen molar-refractivity contribution >= 4 is 21.8 Å². The van der Waals surface area contributed by atoms with Crippen LogP contribution in [-0.2, 0) is 21.8 Å². The zero-order valence-electron chi connectivity index (χ0n) is 11.7. The third-order valence-electron chi connectivity index (χ3n) is 3.79. The molecule has 8 heteroatoms. The summed E-state index contributed by atoms with van der Waals surface area (Å²) in [6.07, 6.45) is 4.27. The van der Waals surface area contributed by atoms with Crippen LogP contribution in [0.4, 0.5) is 0 Å². The second kappa shape index (κ2) is 5.01. The monoisotopic (exact) mass is 317 g/mol. The third-order valence-corrected chi connectivity index (χ3v) is 7.04. The first-order valence-corrected chi connectivity index (χ1v) is 9.11. The number of imidazole rings is 1. The molecule has 1 spiro atoms. The Morgan fingerprint density at radius 3 is 2.90 bits per heavy atom. The number of rotatable bonds is 4. The van der Waals surface area contributed by atoms with Gasteiger partial charge >= 0.3 is 0 Å². The van der Waals surface area contributed by atoms with Gasteiger partial charge in [0, 0.05) is 43.4 Å². The van der Waals surface area contributed by atoms with Crippen molar-refractivity contribution in [1.29, 1.82) is 0 Å². The molecule has 2 fully saturated rings. The van der Waals surface area contributed by atoms with Crippen LogP contribution in [-0.4, -0.2) is 58.6 Å². The third kappa shape index (κ3) is 2.38. The summed E-state index contributed by atoms with van der Waals surface area (Å²) in [6, 6.07) is 0. The van der Waals surface area contributed by atoms with Crippen molar-refractivity contribution in [3.8, 4) is 0 Å². The highest BCUT2D eigenvalue weighted by molar-refractivity contribution is 8.01. The number of sulfonamides is 1. The van der Waals surface area contributed by atoms with E-state index in [1.165, 1.54) is 10.6 Å². The van der Waals surface area contributed by atoms with Crippen molar-refractivity contribution < 1.29 is 13.2 Å². The average Bonchev–Trinajstić information content (AvgIpc) is 2.94. The number of thioether (sulfide) groups is 1. The second-order valence-electron chi connectivity index (χ2n) is 5.43. The number of ether oxygens (including phenoxy) is 1. The lowest BCUT2D eigenvalue weighted by Crippen LogP contribution is -2.60. The maximum absolute atomic E-state index is 12.4. The number of aryl methyl sites for hydroxylation is 1. The molecule has 6 nitrogen and oxygen atoms in total. The highest BCUT2D eigenvalue weighted by Crippen LogP contribution is 2.47. The van der Waals surface area contributed by atoms with Gasteiger partial charge in [0.05, 0.1) is 12.4 Å². The number of nitrogens with zero attached hydrogens (tertiary/aromatic N) is 3. The predicted octanol–water partition coefficient (Wildman–Crippen LogP) is 0.705. The summed E-state index contributed by atoms with van der Waals surface area (Å²) < 4.78 is 33.6. The van der Waals surface area contributed by atoms with Crippen molar-refractivity contribution in [2.75, 3.05) is 25.4 Å². The van der Waals surface area contributed by atoms with Crippen molar-refractivity contribution in [2.45, 2.75) is 29.2 Å². The largest absolute Gasteiger partial charge is 0.378 e. The Labute approximate surface area is 123 Å². The first-order chi connectivity index (χ1) is 9.45. The van der Waals surface area contributed by atoms with Gasteiger partial charge in [-0.2, -0.15) is 4.31 Å². The molecule has 0 saturated carbocycles. The van der Waals surface area contributed by atoms with Gasteiger partial charge in [-0.25, -0.2) is 13.4 Å². The second-order valence-corrected chi connectivity index (χ2v) is 8.80. The molecule has 1 aromatic heterocycles. The molecule has 2 saturated heterocycles. The molecule has 0 aromatic carbocycles. The van der Waals surface area contributed by atoms with Crippen molar-refractivity contribution in [3.05, 3.63) is 12.5 Å².